The largest absolute Gasteiger partial charge is 0.504 e. The molecule has 152 valence electrons. The molecule has 0 aromatic heterocycles. The quantitative estimate of drug-likeness (QED) is 0.322. The Kier molecular flexibility index (Phi) is 5.87. The van der Waals surface area contributed by atoms with Gasteiger partial charge in [-0.2, -0.15) is 5.10 Å². The second kappa shape index (κ2) is 8.73. The summed E-state index contributed by atoms with van der Waals surface area (Å²) in [7, 11) is 1.48. The molecule has 2 amide bonds. The van der Waals surface area contributed by atoms with Crippen LogP contribution in [0.4, 0.5) is 16.2 Å². The van der Waals surface area contributed by atoms with Crippen molar-refractivity contribution in [3.63, 3.8) is 0 Å². The Morgan fingerprint density at radius 2 is 1.93 bits per heavy atom. The number of hydrogen-bond donors (Lipinski definition) is 2. The van der Waals surface area contributed by atoms with Crippen molar-refractivity contribution < 1.29 is 14.6 Å². The monoisotopic (exact) mass is 437 g/mol. The maximum absolute atomic E-state index is 13.1. The Morgan fingerprint density at radius 3 is 2.73 bits per heavy atom. The van der Waals surface area contributed by atoms with E-state index < -0.39 is 0 Å². The van der Waals surface area contributed by atoms with Crippen LogP contribution >= 0.6 is 23.5 Å². The first-order chi connectivity index (χ1) is 14.6. The van der Waals surface area contributed by atoms with Gasteiger partial charge in [0.1, 0.15) is 0 Å². The molecule has 0 bridgehead atoms. The maximum Gasteiger partial charge on any atom is 0.346 e. The van der Waals surface area contributed by atoms with Gasteiger partial charge in [0.05, 0.1) is 24.7 Å². The number of fused-ring (bicyclic) bond motifs is 2. The molecule has 0 unspecified atom stereocenters. The molecule has 2 N–H and O–H groups in total. The van der Waals surface area contributed by atoms with E-state index in [-0.39, 0.29) is 11.8 Å². The zero-order chi connectivity index (χ0) is 21.1. The number of amides is 2. The van der Waals surface area contributed by atoms with E-state index in [0.717, 1.165) is 26.1 Å². The number of ether oxygens (including phenoxy) is 1. The van der Waals surface area contributed by atoms with E-state index in [1.807, 2.05) is 42.7 Å². The molecule has 0 saturated carbocycles. The summed E-state index contributed by atoms with van der Waals surface area (Å²) < 4.78 is 5.10. The molecule has 3 aromatic carbocycles. The lowest BCUT2D eigenvalue weighted by atomic mass is 10.2. The van der Waals surface area contributed by atoms with Crippen molar-refractivity contribution >= 4 is 47.1 Å². The van der Waals surface area contributed by atoms with E-state index >= 15 is 0 Å². The number of urea groups is 1. The molecule has 3 aromatic rings. The number of thioether (sulfide) groups is 1. The van der Waals surface area contributed by atoms with Crippen LogP contribution in [-0.2, 0) is 0 Å². The molecular weight excluding hydrogens is 418 g/mol. The highest BCUT2D eigenvalue weighted by Gasteiger charge is 2.28. The van der Waals surface area contributed by atoms with Gasteiger partial charge in [-0.15, -0.1) is 11.8 Å². The van der Waals surface area contributed by atoms with Crippen molar-refractivity contribution in [3.05, 3.63) is 66.2 Å². The summed E-state index contributed by atoms with van der Waals surface area (Å²) in [5, 5.41) is 13.8. The second-order valence-electron chi connectivity index (χ2n) is 6.35. The minimum atomic E-state index is -0.357. The van der Waals surface area contributed by atoms with Gasteiger partial charge in [0.2, 0.25) is 0 Å². The molecular formula is C22H19N3O3S2. The van der Waals surface area contributed by atoms with Gasteiger partial charge in [-0.25, -0.2) is 10.2 Å². The van der Waals surface area contributed by atoms with E-state index in [2.05, 4.69) is 16.6 Å². The number of hydrogen-bond acceptors (Lipinski definition) is 6. The predicted octanol–water partition coefficient (Wildman–Crippen LogP) is 5.47. The third-order valence-electron chi connectivity index (χ3n) is 4.51. The number of anilines is 2. The molecule has 6 nitrogen and oxygen atoms in total. The summed E-state index contributed by atoms with van der Waals surface area (Å²) in [6.45, 7) is 0. The summed E-state index contributed by atoms with van der Waals surface area (Å²) in [5.41, 5.74) is 4.93. The number of phenols is 1. The molecule has 0 aliphatic carbocycles. The third-order valence-corrected chi connectivity index (χ3v) is 6.37. The maximum atomic E-state index is 13.1. The van der Waals surface area contributed by atoms with Gasteiger partial charge in [0, 0.05) is 14.7 Å². The smallest absolute Gasteiger partial charge is 0.346 e. The number of carbonyl (C=O) groups is 1. The number of carbonyl (C=O) groups excluding carboxylic acids is 1. The number of para-hydroxylation sites is 1. The van der Waals surface area contributed by atoms with E-state index in [9.17, 15) is 9.90 Å². The minimum Gasteiger partial charge on any atom is -0.504 e. The van der Waals surface area contributed by atoms with Crippen molar-refractivity contribution in [2.75, 3.05) is 18.3 Å². The number of methoxy groups -OCH3 is 1. The van der Waals surface area contributed by atoms with Gasteiger partial charge < -0.3 is 9.84 Å². The number of aromatic hydroxyl groups is 1. The summed E-state index contributed by atoms with van der Waals surface area (Å²) in [6.07, 6.45) is 3.51. The second-order valence-corrected chi connectivity index (χ2v) is 8.31. The average Bonchev–Trinajstić information content (AvgIpc) is 2.78. The van der Waals surface area contributed by atoms with Crippen LogP contribution in [0.3, 0.4) is 0 Å². The highest BCUT2D eigenvalue weighted by molar-refractivity contribution is 8.00. The SMILES string of the molecule is COc1cc(/C=N/NC(=O)N2c3ccccc3Sc3ccc(SC)cc32)ccc1O. The van der Waals surface area contributed by atoms with E-state index in [4.69, 9.17) is 4.74 Å². The van der Waals surface area contributed by atoms with Crippen LogP contribution in [-0.4, -0.2) is 30.7 Å². The molecule has 4 rings (SSSR count). The Bertz CT molecular complexity index is 1130. The van der Waals surface area contributed by atoms with Crippen molar-refractivity contribution in [3.8, 4) is 11.5 Å². The lowest BCUT2D eigenvalue weighted by molar-refractivity contribution is 0.249. The van der Waals surface area contributed by atoms with Crippen LogP contribution < -0.4 is 15.1 Å². The van der Waals surface area contributed by atoms with Gasteiger partial charge in [-0.3, -0.25) is 4.90 Å². The number of rotatable bonds is 4. The standard InChI is InChI=1S/C22H19N3O3S2/c1-28-19-11-14(7-9-18(19)26)13-23-24-22(27)25-16-5-3-4-6-20(16)30-21-10-8-15(29-2)12-17(21)25/h3-13,26H,1-2H3,(H,24,27)/b23-13+. The van der Waals surface area contributed by atoms with Crippen LogP contribution in [0.15, 0.2) is 80.5 Å². The molecule has 0 saturated heterocycles. The molecule has 0 spiro atoms. The van der Waals surface area contributed by atoms with Crippen molar-refractivity contribution in [1.29, 1.82) is 0 Å². The Hall–Kier alpha value is -3.10. The highest BCUT2D eigenvalue weighted by Crippen LogP contribution is 2.48. The lowest BCUT2D eigenvalue weighted by Gasteiger charge is -2.30. The first-order valence-corrected chi connectivity index (χ1v) is 11.1. The van der Waals surface area contributed by atoms with Crippen LogP contribution in [0.1, 0.15) is 5.56 Å². The van der Waals surface area contributed by atoms with Gasteiger partial charge >= 0.3 is 6.03 Å². The number of phenolic OH excluding ortho intramolecular Hbond substituents is 1. The topological polar surface area (TPSA) is 74.2 Å². The molecule has 30 heavy (non-hydrogen) atoms. The number of benzene rings is 3. The number of hydrazone groups is 1. The zero-order valence-electron chi connectivity index (χ0n) is 16.3. The van der Waals surface area contributed by atoms with Crippen LogP contribution in [0.25, 0.3) is 0 Å². The number of nitrogens with one attached hydrogen (secondary N) is 1. The summed E-state index contributed by atoms with van der Waals surface area (Å²) >= 11 is 3.27. The summed E-state index contributed by atoms with van der Waals surface area (Å²) in [4.78, 5) is 17.8. The van der Waals surface area contributed by atoms with Gasteiger partial charge in [-0.05, 0) is 60.4 Å². The Labute approximate surface area is 182 Å². The Morgan fingerprint density at radius 1 is 1.13 bits per heavy atom. The van der Waals surface area contributed by atoms with Crippen molar-refractivity contribution in [2.24, 2.45) is 5.10 Å². The third kappa shape index (κ3) is 3.96. The fraction of sp³-hybridized carbons (Fsp3) is 0.0909. The molecule has 1 aliphatic rings. The molecule has 8 heteroatoms. The predicted molar refractivity (Wildman–Crippen MR) is 122 cm³/mol. The first-order valence-electron chi connectivity index (χ1n) is 9.06. The zero-order valence-corrected chi connectivity index (χ0v) is 18.0. The summed E-state index contributed by atoms with van der Waals surface area (Å²) in [5.74, 6) is 0.382. The minimum absolute atomic E-state index is 0.0438. The fourth-order valence-electron chi connectivity index (χ4n) is 3.07. The van der Waals surface area contributed by atoms with E-state index in [1.54, 1.807) is 40.6 Å². The lowest BCUT2D eigenvalue weighted by Crippen LogP contribution is -2.35. The molecule has 0 atom stereocenters. The van der Waals surface area contributed by atoms with E-state index in [1.165, 1.54) is 19.4 Å². The number of nitrogens with zero attached hydrogens (tertiary/aromatic N) is 2. The molecule has 1 aliphatic heterocycles. The van der Waals surface area contributed by atoms with Crippen molar-refractivity contribution in [2.45, 2.75) is 14.7 Å². The molecule has 0 radical (unpaired) electrons. The highest BCUT2D eigenvalue weighted by atomic mass is 32.2. The van der Waals surface area contributed by atoms with Gasteiger partial charge in [0.15, 0.2) is 11.5 Å². The van der Waals surface area contributed by atoms with E-state index in [0.29, 0.717) is 11.3 Å². The molecule has 0 fully saturated rings. The fourth-order valence-corrected chi connectivity index (χ4v) is 4.54. The average molecular weight is 438 g/mol. The van der Waals surface area contributed by atoms with Gasteiger partial charge in [-0.1, -0.05) is 23.9 Å². The molecule has 1 heterocycles. The van der Waals surface area contributed by atoms with Crippen LogP contribution in [0.2, 0.25) is 0 Å². The first kappa shape index (κ1) is 20.2. The van der Waals surface area contributed by atoms with Crippen LogP contribution in [0, 0.1) is 0 Å². The normalized spacial score (nSPS) is 12.4. The van der Waals surface area contributed by atoms with Gasteiger partial charge in [0.25, 0.3) is 0 Å². The van der Waals surface area contributed by atoms with Crippen LogP contribution in [0.5, 0.6) is 11.5 Å². The van der Waals surface area contributed by atoms with Crippen molar-refractivity contribution in [1.82, 2.24) is 5.43 Å². The Balaban J connectivity index is 1.62. The summed E-state index contributed by atoms with van der Waals surface area (Å²) in [6, 6.07) is 18.4.